The van der Waals surface area contributed by atoms with E-state index in [0.717, 1.165) is 16.8 Å². The highest BCUT2D eigenvalue weighted by molar-refractivity contribution is 6.00. The molecule has 1 heterocycles. The molecule has 0 saturated carbocycles. The minimum absolute atomic E-state index is 0.00459. The van der Waals surface area contributed by atoms with Gasteiger partial charge in [-0.2, -0.15) is 0 Å². The van der Waals surface area contributed by atoms with Crippen molar-refractivity contribution >= 4 is 17.5 Å². The first-order valence-electron chi connectivity index (χ1n) is 8.62. The van der Waals surface area contributed by atoms with Crippen LogP contribution in [0.3, 0.4) is 0 Å². The number of anilines is 1. The molecule has 0 spiro atoms. The van der Waals surface area contributed by atoms with E-state index in [9.17, 15) is 9.59 Å². The van der Waals surface area contributed by atoms with Crippen LogP contribution in [0.4, 0.5) is 5.69 Å². The Morgan fingerprint density at radius 1 is 1.08 bits per heavy atom. The number of carbonyl (C=O) groups is 2. The Bertz CT molecular complexity index is 828. The molecule has 26 heavy (non-hydrogen) atoms. The highest BCUT2D eigenvalue weighted by Gasteiger charge is 2.26. The maximum Gasteiger partial charge on any atom is 0.254 e. The van der Waals surface area contributed by atoms with Gasteiger partial charge in [-0.15, -0.1) is 0 Å². The van der Waals surface area contributed by atoms with Crippen LogP contribution in [0.1, 0.15) is 21.5 Å². The first-order valence-corrected chi connectivity index (χ1v) is 8.62. The number of hydrogen-bond donors (Lipinski definition) is 1. The van der Waals surface area contributed by atoms with Crippen LogP contribution in [0.2, 0.25) is 0 Å². The van der Waals surface area contributed by atoms with Crippen molar-refractivity contribution in [2.24, 2.45) is 0 Å². The molecule has 2 amide bonds. The molecule has 0 atom stereocenters. The van der Waals surface area contributed by atoms with Crippen LogP contribution in [0.15, 0.2) is 60.7 Å². The Morgan fingerprint density at radius 2 is 1.85 bits per heavy atom. The predicted octanol–water partition coefficient (Wildman–Crippen LogP) is 2.90. The number of benzene rings is 2. The first-order chi connectivity index (χ1) is 12.5. The summed E-state index contributed by atoms with van der Waals surface area (Å²) < 4.78 is 0. The van der Waals surface area contributed by atoms with E-state index in [1.807, 2.05) is 73.6 Å². The number of nitrogens with zero attached hydrogens (tertiary/aromatic N) is 2. The Labute approximate surface area is 153 Å². The minimum atomic E-state index is -0.159. The molecule has 1 N–H and O–H groups in total. The second kappa shape index (κ2) is 7.97. The Kier molecular flexibility index (Phi) is 5.49. The molecule has 134 valence electrons. The summed E-state index contributed by atoms with van der Waals surface area (Å²) in [5.74, 6) is -0.155. The van der Waals surface area contributed by atoms with Crippen LogP contribution in [-0.4, -0.2) is 42.3 Å². The maximum atomic E-state index is 12.7. The van der Waals surface area contributed by atoms with E-state index in [1.54, 1.807) is 11.0 Å². The van der Waals surface area contributed by atoms with E-state index >= 15 is 0 Å². The summed E-state index contributed by atoms with van der Waals surface area (Å²) in [5.41, 5.74) is 3.53. The van der Waals surface area contributed by atoms with Gasteiger partial charge in [0.25, 0.3) is 5.91 Å². The highest BCUT2D eigenvalue weighted by Crippen LogP contribution is 2.30. The van der Waals surface area contributed by atoms with Crippen LogP contribution in [0.5, 0.6) is 0 Å². The van der Waals surface area contributed by atoms with Crippen LogP contribution in [0.25, 0.3) is 0 Å². The van der Waals surface area contributed by atoms with E-state index in [4.69, 9.17) is 0 Å². The van der Waals surface area contributed by atoms with Gasteiger partial charge < -0.3 is 15.1 Å². The number of likely N-dealkylation sites (N-methyl/N-ethyl adjacent to an activating group) is 1. The topological polar surface area (TPSA) is 52.7 Å². The Hall–Kier alpha value is -2.92. The smallest absolute Gasteiger partial charge is 0.254 e. The van der Waals surface area contributed by atoms with Crippen molar-refractivity contribution in [3.63, 3.8) is 0 Å². The van der Waals surface area contributed by atoms with Gasteiger partial charge in [0.05, 0.1) is 0 Å². The predicted molar refractivity (Wildman–Crippen MR) is 103 cm³/mol. The molecule has 5 nitrogen and oxygen atoms in total. The lowest BCUT2D eigenvalue weighted by Crippen LogP contribution is -2.25. The third-order valence-electron chi connectivity index (χ3n) is 4.29. The molecule has 5 heteroatoms. The molecular weight excluding hydrogens is 326 g/mol. The summed E-state index contributed by atoms with van der Waals surface area (Å²) in [6.45, 7) is 1.77. The standard InChI is InChI=1S/C21H23N3O2/c1-23(2)13-7-12-20(25)22-19-11-6-10-17-14-24(15-18(17)19)21(26)16-8-4-3-5-9-16/h3-12H,13-15H2,1-2H3,(H,22,25)/b12-7+. The fourth-order valence-corrected chi connectivity index (χ4v) is 2.99. The zero-order valence-corrected chi connectivity index (χ0v) is 15.1. The van der Waals surface area contributed by atoms with Crippen molar-refractivity contribution in [1.82, 2.24) is 9.80 Å². The number of amides is 2. The molecule has 1 aliphatic heterocycles. The quantitative estimate of drug-likeness (QED) is 0.845. The maximum absolute atomic E-state index is 12.7. The molecule has 0 aliphatic carbocycles. The van der Waals surface area contributed by atoms with E-state index < -0.39 is 0 Å². The van der Waals surface area contributed by atoms with Gasteiger partial charge in [0.2, 0.25) is 5.91 Å². The molecule has 0 radical (unpaired) electrons. The largest absolute Gasteiger partial charge is 0.330 e. The van der Waals surface area contributed by atoms with Gasteiger partial charge in [0.15, 0.2) is 0 Å². The molecule has 0 saturated heterocycles. The fraction of sp³-hybridized carbons (Fsp3) is 0.238. The number of nitrogens with one attached hydrogen (secondary N) is 1. The molecule has 1 aliphatic rings. The van der Waals surface area contributed by atoms with Gasteiger partial charge in [-0.05, 0) is 37.9 Å². The number of hydrogen-bond acceptors (Lipinski definition) is 3. The summed E-state index contributed by atoms with van der Waals surface area (Å²) in [6, 6.07) is 15.1. The number of carbonyl (C=O) groups excluding carboxylic acids is 2. The summed E-state index contributed by atoms with van der Waals surface area (Å²) >= 11 is 0. The second-order valence-corrected chi connectivity index (χ2v) is 6.62. The number of rotatable bonds is 5. The zero-order valence-electron chi connectivity index (χ0n) is 15.1. The Morgan fingerprint density at radius 3 is 2.58 bits per heavy atom. The second-order valence-electron chi connectivity index (χ2n) is 6.62. The summed E-state index contributed by atoms with van der Waals surface area (Å²) in [5, 5.41) is 2.93. The van der Waals surface area contributed by atoms with Crippen molar-refractivity contribution in [3.05, 3.63) is 77.4 Å². The van der Waals surface area contributed by atoms with Crippen molar-refractivity contribution in [2.45, 2.75) is 13.1 Å². The molecule has 3 rings (SSSR count). The van der Waals surface area contributed by atoms with Gasteiger partial charge >= 0.3 is 0 Å². The highest BCUT2D eigenvalue weighted by atomic mass is 16.2. The minimum Gasteiger partial charge on any atom is -0.330 e. The van der Waals surface area contributed by atoms with E-state index in [1.165, 1.54) is 0 Å². The molecule has 0 aromatic heterocycles. The third-order valence-corrected chi connectivity index (χ3v) is 4.29. The number of fused-ring (bicyclic) bond motifs is 1. The lowest BCUT2D eigenvalue weighted by Gasteiger charge is -2.15. The van der Waals surface area contributed by atoms with Crippen molar-refractivity contribution in [1.29, 1.82) is 0 Å². The van der Waals surface area contributed by atoms with Crippen molar-refractivity contribution < 1.29 is 9.59 Å². The van der Waals surface area contributed by atoms with Crippen molar-refractivity contribution in [3.8, 4) is 0 Å². The molecule has 0 unspecified atom stereocenters. The van der Waals surface area contributed by atoms with Gasteiger partial charge in [0.1, 0.15) is 0 Å². The van der Waals surface area contributed by atoms with E-state index in [2.05, 4.69) is 5.32 Å². The first kappa shape index (κ1) is 17.9. The molecular formula is C21H23N3O2. The fourth-order valence-electron chi connectivity index (χ4n) is 2.99. The molecule has 2 aromatic rings. The molecule has 0 bridgehead atoms. The average molecular weight is 349 g/mol. The monoisotopic (exact) mass is 349 g/mol. The third kappa shape index (κ3) is 4.18. The van der Waals surface area contributed by atoms with Gasteiger partial charge in [-0.3, -0.25) is 9.59 Å². The molecule has 2 aromatic carbocycles. The normalized spacial score (nSPS) is 13.3. The van der Waals surface area contributed by atoms with Crippen LogP contribution in [-0.2, 0) is 17.9 Å². The van der Waals surface area contributed by atoms with E-state index in [-0.39, 0.29) is 11.8 Å². The Balaban J connectivity index is 1.71. The summed E-state index contributed by atoms with van der Waals surface area (Å²) in [7, 11) is 3.90. The summed E-state index contributed by atoms with van der Waals surface area (Å²) in [6.07, 6.45) is 3.37. The van der Waals surface area contributed by atoms with Crippen LogP contribution in [0, 0.1) is 0 Å². The SMILES string of the molecule is CN(C)C/C=C/C(=O)Nc1cccc2c1CN(C(=O)c1ccccc1)C2. The summed E-state index contributed by atoms with van der Waals surface area (Å²) in [4.78, 5) is 28.6. The van der Waals surface area contributed by atoms with Gasteiger partial charge in [-0.1, -0.05) is 36.4 Å². The van der Waals surface area contributed by atoms with Crippen LogP contribution < -0.4 is 5.32 Å². The van der Waals surface area contributed by atoms with Crippen molar-refractivity contribution in [2.75, 3.05) is 26.0 Å². The van der Waals surface area contributed by atoms with Gasteiger partial charge in [0, 0.05) is 42.5 Å². The average Bonchev–Trinajstić information content (AvgIpc) is 3.07. The van der Waals surface area contributed by atoms with Gasteiger partial charge in [-0.25, -0.2) is 0 Å². The van der Waals surface area contributed by atoms with Crippen LogP contribution >= 0.6 is 0 Å². The lowest BCUT2D eigenvalue weighted by atomic mass is 10.1. The lowest BCUT2D eigenvalue weighted by molar-refractivity contribution is -0.111. The molecule has 0 fully saturated rings. The zero-order chi connectivity index (χ0) is 18.5. The van der Waals surface area contributed by atoms with E-state index in [0.29, 0.717) is 25.2 Å².